The van der Waals surface area contributed by atoms with Crippen LogP contribution >= 0.6 is 0 Å². The van der Waals surface area contributed by atoms with Gasteiger partial charge in [0.2, 0.25) is 0 Å². The molecule has 0 spiro atoms. The van der Waals surface area contributed by atoms with Crippen molar-refractivity contribution in [1.29, 1.82) is 0 Å². The quantitative estimate of drug-likeness (QED) is 0.783. The van der Waals surface area contributed by atoms with Gasteiger partial charge in [-0.15, -0.1) is 0 Å². The van der Waals surface area contributed by atoms with Gasteiger partial charge in [0.15, 0.2) is 0 Å². The van der Waals surface area contributed by atoms with Crippen LogP contribution < -0.4 is 4.90 Å². The summed E-state index contributed by atoms with van der Waals surface area (Å²) in [7, 11) is 2.08. The van der Waals surface area contributed by atoms with Crippen molar-refractivity contribution in [2.45, 2.75) is 0 Å². The first-order valence-corrected chi connectivity index (χ1v) is 5.44. The third-order valence-electron chi connectivity index (χ3n) is 2.98. The van der Waals surface area contributed by atoms with Gasteiger partial charge in [-0.1, -0.05) is 0 Å². The van der Waals surface area contributed by atoms with E-state index in [1.807, 2.05) is 12.9 Å². The number of hydrogen-bond donors (Lipinski definition) is 1. The summed E-state index contributed by atoms with van der Waals surface area (Å²) in [5, 5.41) is 9.11. The van der Waals surface area contributed by atoms with Crippen LogP contribution in [-0.2, 0) is 0 Å². The first-order chi connectivity index (χ1) is 7.68. The Morgan fingerprint density at radius 1 is 1.38 bits per heavy atom. The van der Waals surface area contributed by atoms with Gasteiger partial charge in [0, 0.05) is 0 Å². The zero-order valence-corrected chi connectivity index (χ0v) is 9.39. The van der Waals surface area contributed by atoms with Crippen molar-refractivity contribution >= 4 is 18.5 Å². The molecular formula is C11H15BN2O2. The van der Waals surface area contributed by atoms with E-state index in [0.717, 1.165) is 31.8 Å². The number of carbonyl (C=O) groups is 1. The van der Waals surface area contributed by atoms with E-state index >= 15 is 0 Å². The zero-order valence-electron chi connectivity index (χ0n) is 9.39. The molecule has 1 aliphatic heterocycles. The second-order valence-electron chi connectivity index (χ2n) is 4.11. The van der Waals surface area contributed by atoms with Crippen LogP contribution in [0, 0.1) is 0 Å². The molecule has 1 N–H and O–H groups in total. The summed E-state index contributed by atoms with van der Waals surface area (Å²) in [6, 6.07) is 3.43. The summed E-state index contributed by atoms with van der Waals surface area (Å²) in [6.07, 6.45) is 0. The van der Waals surface area contributed by atoms with Crippen molar-refractivity contribution in [2.75, 3.05) is 38.1 Å². The fourth-order valence-corrected chi connectivity index (χ4v) is 1.98. The summed E-state index contributed by atoms with van der Waals surface area (Å²) in [5.74, 6) is 1.04. The van der Waals surface area contributed by atoms with Crippen molar-refractivity contribution in [3.63, 3.8) is 0 Å². The average molecular weight is 218 g/mol. The number of anilines is 1. The number of carboxylic acids is 1. The number of carboxylic acid groups (broad SMARTS) is 1. The van der Waals surface area contributed by atoms with E-state index in [1.165, 1.54) is 0 Å². The van der Waals surface area contributed by atoms with E-state index in [0.29, 0.717) is 5.56 Å². The summed E-state index contributed by atoms with van der Waals surface area (Å²) in [6.45, 7) is 5.62. The predicted molar refractivity (Wildman–Crippen MR) is 64.5 cm³/mol. The standard InChI is InChI=1S/C11H15BN2O2/c1-13-5-7-14(8-6-13)10-9(11(15)16)3-2-4-12-10/h2-4H,5-8H2,1H3,(H,15,16). The molecule has 5 heteroatoms. The minimum atomic E-state index is -0.852. The molecule has 1 saturated heterocycles. The molecule has 2 heterocycles. The van der Waals surface area contributed by atoms with Crippen molar-refractivity contribution < 1.29 is 9.90 Å². The molecule has 0 unspecified atom stereocenters. The number of aromatic carboxylic acids is 1. The Hall–Kier alpha value is -1.36. The number of hydrogen-bond acceptors (Lipinski definition) is 3. The SMILES string of the molecule is CN1CCN(c2bcccc2C(=O)O)CC1. The van der Waals surface area contributed by atoms with Gasteiger partial charge in [-0.3, -0.25) is 0 Å². The Morgan fingerprint density at radius 3 is 2.69 bits per heavy atom. The Bertz CT molecular complexity index is 389. The number of rotatable bonds is 2. The number of nitrogens with zero attached hydrogens (tertiary/aromatic N) is 2. The second kappa shape index (κ2) is 4.66. The van der Waals surface area contributed by atoms with E-state index in [-0.39, 0.29) is 0 Å². The topological polar surface area (TPSA) is 43.8 Å². The van der Waals surface area contributed by atoms with Gasteiger partial charge in [0.05, 0.1) is 0 Å². The van der Waals surface area contributed by atoms with Crippen LogP contribution in [0.5, 0.6) is 0 Å². The third kappa shape index (κ3) is 2.24. The van der Waals surface area contributed by atoms with Gasteiger partial charge in [0.1, 0.15) is 0 Å². The van der Waals surface area contributed by atoms with Crippen LogP contribution in [0.1, 0.15) is 10.4 Å². The molecule has 16 heavy (non-hydrogen) atoms. The summed E-state index contributed by atoms with van der Waals surface area (Å²) in [5.41, 5.74) is 1.23. The molecule has 1 aliphatic rings. The Morgan fingerprint density at radius 2 is 2.06 bits per heavy atom. The van der Waals surface area contributed by atoms with Crippen LogP contribution in [0.3, 0.4) is 0 Å². The molecule has 0 bridgehead atoms. The fourth-order valence-electron chi connectivity index (χ4n) is 1.98. The number of piperazine rings is 1. The summed E-state index contributed by atoms with van der Waals surface area (Å²) < 4.78 is 0. The summed E-state index contributed by atoms with van der Waals surface area (Å²) in [4.78, 5) is 15.5. The molecule has 1 aromatic heterocycles. The first-order valence-electron chi connectivity index (χ1n) is 5.44. The summed E-state index contributed by atoms with van der Waals surface area (Å²) >= 11 is 0. The molecule has 0 amide bonds. The molecule has 2 rings (SSSR count). The van der Waals surface area contributed by atoms with Crippen LogP contribution in [0.25, 0.3) is 0 Å². The molecule has 1 aromatic rings. The monoisotopic (exact) mass is 218 g/mol. The van der Waals surface area contributed by atoms with Gasteiger partial charge >= 0.3 is 95.0 Å². The molecule has 4 nitrogen and oxygen atoms in total. The maximum atomic E-state index is 11.1. The Labute approximate surface area is 95.7 Å². The van der Waals surface area contributed by atoms with Gasteiger partial charge in [-0.2, -0.15) is 0 Å². The third-order valence-corrected chi connectivity index (χ3v) is 2.98. The Balaban J connectivity index is 2.23. The predicted octanol–water partition coefficient (Wildman–Crippen LogP) is 0.475. The molecular weight excluding hydrogens is 203 g/mol. The zero-order chi connectivity index (χ0) is 11.5. The maximum absolute atomic E-state index is 11.1. The van der Waals surface area contributed by atoms with Gasteiger partial charge < -0.3 is 0 Å². The van der Waals surface area contributed by atoms with Crippen LogP contribution in [0.15, 0.2) is 18.1 Å². The molecule has 0 saturated carbocycles. The normalized spacial score (nSPS) is 17.2. The van der Waals surface area contributed by atoms with Crippen LogP contribution in [-0.4, -0.2) is 56.1 Å². The fraction of sp³-hybridized carbons (Fsp3) is 0.455. The van der Waals surface area contributed by atoms with E-state index in [4.69, 9.17) is 5.11 Å². The Kier molecular flexibility index (Phi) is 3.24. The molecule has 0 radical (unpaired) electrons. The van der Waals surface area contributed by atoms with Crippen molar-refractivity contribution in [3.05, 3.63) is 23.7 Å². The van der Waals surface area contributed by atoms with Crippen molar-refractivity contribution in [1.82, 2.24) is 4.90 Å². The van der Waals surface area contributed by atoms with Gasteiger partial charge in [-0.05, 0) is 0 Å². The van der Waals surface area contributed by atoms with E-state index in [2.05, 4.69) is 16.8 Å². The van der Waals surface area contributed by atoms with E-state index in [9.17, 15) is 4.79 Å². The molecule has 84 valence electrons. The number of likely N-dealkylation sites (N-methyl/N-ethyl adjacent to an activating group) is 1. The minimum absolute atomic E-state index is 0.395. The van der Waals surface area contributed by atoms with Gasteiger partial charge in [0.25, 0.3) is 0 Å². The van der Waals surface area contributed by atoms with Crippen LogP contribution in [0.4, 0.5) is 5.58 Å². The van der Waals surface area contributed by atoms with Crippen LogP contribution in [0.2, 0.25) is 0 Å². The van der Waals surface area contributed by atoms with Crippen molar-refractivity contribution in [2.24, 2.45) is 0 Å². The molecule has 0 atom stereocenters. The molecule has 0 aliphatic carbocycles. The average Bonchev–Trinajstić information content (AvgIpc) is 2.30. The second-order valence-corrected chi connectivity index (χ2v) is 4.11. The van der Waals surface area contributed by atoms with E-state index < -0.39 is 5.97 Å². The first kappa shape index (κ1) is 11.1. The van der Waals surface area contributed by atoms with Crippen molar-refractivity contribution in [3.8, 4) is 0 Å². The molecule has 1 fully saturated rings. The molecule has 0 aromatic carbocycles. The van der Waals surface area contributed by atoms with Gasteiger partial charge in [-0.25, -0.2) is 0 Å². The van der Waals surface area contributed by atoms with E-state index in [1.54, 1.807) is 12.1 Å².